The summed E-state index contributed by atoms with van der Waals surface area (Å²) >= 11 is 0. The molecule has 8 aromatic carbocycles. The van der Waals surface area contributed by atoms with Crippen LogP contribution in [0.2, 0.25) is 0 Å². The fraction of sp³-hybridized carbons (Fsp3) is 0. The summed E-state index contributed by atoms with van der Waals surface area (Å²) in [6, 6.07) is 55.3. The number of hydrogen-bond donors (Lipinski definition) is 0. The first-order chi connectivity index (χ1) is 24.3. The van der Waals surface area contributed by atoms with Crippen LogP contribution in [-0.4, -0.2) is 0 Å². The summed E-state index contributed by atoms with van der Waals surface area (Å²) in [5, 5.41) is 10.2. The van der Waals surface area contributed by atoms with E-state index in [1.165, 1.54) is 16.3 Å². The Kier molecular flexibility index (Phi) is 5.38. The normalized spacial score (nSPS) is 12.1. The molecule has 0 amide bonds. The molecule has 0 fully saturated rings. The van der Waals surface area contributed by atoms with Gasteiger partial charge in [0.15, 0.2) is 0 Å². The Morgan fingerprint density at radius 1 is 0.265 bits per heavy atom. The Hall–Kier alpha value is -6.58. The number of rotatable bonds is 3. The summed E-state index contributed by atoms with van der Waals surface area (Å²) in [4.78, 5) is 0. The number of hydrogen-bond acceptors (Lipinski definition) is 3. The van der Waals surface area contributed by atoms with Crippen LogP contribution in [0.15, 0.2) is 171 Å². The van der Waals surface area contributed by atoms with Crippen LogP contribution in [0.3, 0.4) is 0 Å². The monoisotopic (exact) mass is 626 g/mol. The van der Waals surface area contributed by atoms with Crippen molar-refractivity contribution in [2.75, 3.05) is 0 Å². The van der Waals surface area contributed by atoms with Gasteiger partial charge in [-0.3, -0.25) is 0 Å². The van der Waals surface area contributed by atoms with Gasteiger partial charge in [0.05, 0.1) is 0 Å². The van der Waals surface area contributed by atoms with Gasteiger partial charge in [-0.05, 0) is 69.1 Å². The minimum Gasteiger partial charge on any atom is -0.456 e. The van der Waals surface area contributed by atoms with E-state index in [-0.39, 0.29) is 0 Å². The lowest BCUT2D eigenvalue weighted by Gasteiger charge is -2.18. The first-order valence-electron chi connectivity index (χ1n) is 16.6. The third-order valence-corrected chi connectivity index (χ3v) is 10.1. The highest BCUT2D eigenvalue weighted by Gasteiger charge is 2.27. The van der Waals surface area contributed by atoms with Gasteiger partial charge >= 0.3 is 0 Å². The molecule has 0 saturated heterocycles. The summed E-state index contributed by atoms with van der Waals surface area (Å²) in [6.07, 6.45) is 0. The Morgan fingerprint density at radius 3 is 1.45 bits per heavy atom. The molecule has 0 radical (unpaired) electrons. The van der Waals surface area contributed by atoms with Crippen LogP contribution in [0.4, 0.5) is 0 Å². The van der Waals surface area contributed by atoms with E-state index in [1.54, 1.807) is 0 Å². The van der Waals surface area contributed by atoms with Crippen LogP contribution in [0.1, 0.15) is 0 Å². The van der Waals surface area contributed by atoms with Crippen molar-refractivity contribution in [1.29, 1.82) is 0 Å². The Morgan fingerprint density at radius 2 is 0.755 bits per heavy atom. The zero-order chi connectivity index (χ0) is 32.1. The van der Waals surface area contributed by atoms with E-state index in [1.807, 2.05) is 36.4 Å². The predicted octanol–water partition coefficient (Wildman–Crippen LogP) is 13.5. The molecule has 3 heterocycles. The topological polar surface area (TPSA) is 39.4 Å². The molecule has 49 heavy (non-hydrogen) atoms. The molecule has 0 unspecified atom stereocenters. The molecule has 0 N–H and O–H groups in total. The fourth-order valence-corrected chi connectivity index (χ4v) is 8.03. The lowest BCUT2D eigenvalue weighted by Crippen LogP contribution is -1.92. The molecule has 0 aliphatic carbocycles. The second-order valence-electron chi connectivity index (χ2n) is 12.7. The first kappa shape index (κ1) is 26.5. The van der Waals surface area contributed by atoms with E-state index in [2.05, 4.69) is 121 Å². The molecule has 0 bridgehead atoms. The van der Waals surface area contributed by atoms with Crippen molar-refractivity contribution in [3.8, 4) is 33.6 Å². The van der Waals surface area contributed by atoms with Gasteiger partial charge < -0.3 is 13.3 Å². The van der Waals surface area contributed by atoms with Crippen LogP contribution in [0.5, 0.6) is 0 Å². The number of para-hydroxylation sites is 2. The van der Waals surface area contributed by atoms with Crippen molar-refractivity contribution in [3.63, 3.8) is 0 Å². The minimum absolute atomic E-state index is 0.836. The maximum absolute atomic E-state index is 6.91. The Bertz CT molecular complexity index is 3040. The minimum atomic E-state index is 0.836. The Balaban J connectivity index is 1.32. The molecule has 3 aromatic heterocycles. The SMILES string of the molecule is c1ccc(-c2oc3ccc4oc5ccccc5c4c3c2-c2c3ccccc3c(-c3ccc4oc5ccccc5c4c3)c3ccccc23)cc1. The van der Waals surface area contributed by atoms with Gasteiger partial charge in [-0.25, -0.2) is 0 Å². The highest BCUT2D eigenvalue weighted by atomic mass is 16.3. The van der Waals surface area contributed by atoms with Gasteiger partial charge in [-0.2, -0.15) is 0 Å². The molecule has 3 heteroatoms. The molecule has 0 saturated carbocycles. The van der Waals surface area contributed by atoms with Gasteiger partial charge in [-0.1, -0.05) is 121 Å². The molecule has 228 valence electrons. The van der Waals surface area contributed by atoms with Crippen LogP contribution < -0.4 is 0 Å². The molecule has 0 spiro atoms. The predicted molar refractivity (Wildman–Crippen MR) is 202 cm³/mol. The van der Waals surface area contributed by atoms with E-state index in [0.717, 1.165) is 93.6 Å². The summed E-state index contributed by atoms with van der Waals surface area (Å²) < 4.78 is 19.6. The van der Waals surface area contributed by atoms with Crippen molar-refractivity contribution in [2.24, 2.45) is 0 Å². The van der Waals surface area contributed by atoms with E-state index in [9.17, 15) is 0 Å². The third-order valence-electron chi connectivity index (χ3n) is 10.1. The molecular weight excluding hydrogens is 601 g/mol. The highest BCUT2D eigenvalue weighted by Crippen LogP contribution is 2.52. The second-order valence-corrected chi connectivity index (χ2v) is 12.7. The highest BCUT2D eigenvalue weighted by molar-refractivity contribution is 6.30. The molecule has 3 nitrogen and oxygen atoms in total. The fourth-order valence-electron chi connectivity index (χ4n) is 8.03. The van der Waals surface area contributed by atoms with Crippen LogP contribution >= 0.6 is 0 Å². The molecule has 0 aliphatic heterocycles. The van der Waals surface area contributed by atoms with Crippen molar-refractivity contribution < 1.29 is 13.3 Å². The van der Waals surface area contributed by atoms with Gasteiger partial charge in [0.1, 0.15) is 33.7 Å². The number of fused-ring (bicyclic) bond motifs is 10. The van der Waals surface area contributed by atoms with Crippen molar-refractivity contribution >= 4 is 76.4 Å². The van der Waals surface area contributed by atoms with E-state index < -0.39 is 0 Å². The average molecular weight is 627 g/mol. The van der Waals surface area contributed by atoms with Crippen molar-refractivity contribution in [3.05, 3.63) is 158 Å². The summed E-state index contributed by atoms with van der Waals surface area (Å²) in [5.74, 6) is 0.850. The lowest BCUT2D eigenvalue weighted by atomic mass is 9.84. The van der Waals surface area contributed by atoms with E-state index in [0.29, 0.717) is 0 Å². The second kappa shape index (κ2) is 9.96. The van der Waals surface area contributed by atoms with E-state index >= 15 is 0 Å². The van der Waals surface area contributed by atoms with Gasteiger partial charge in [-0.15, -0.1) is 0 Å². The van der Waals surface area contributed by atoms with Crippen LogP contribution in [0.25, 0.3) is 110 Å². The maximum Gasteiger partial charge on any atom is 0.143 e. The summed E-state index contributed by atoms with van der Waals surface area (Å²) in [7, 11) is 0. The largest absolute Gasteiger partial charge is 0.456 e. The molecule has 0 aliphatic rings. The molecule has 11 rings (SSSR count). The number of benzene rings is 8. The van der Waals surface area contributed by atoms with Crippen LogP contribution in [0, 0.1) is 0 Å². The average Bonchev–Trinajstić information content (AvgIpc) is 3.85. The van der Waals surface area contributed by atoms with Gasteiger partial charge in [0, 0.05) is 43.6 Å². The zero-order valence-corrected chi connectivity index (χ0v) is 26.2. The number of furan rings is 3. The quantitative estimate of drug-likeness (QED) is 0.183. The summed E-state index contributed by atoms with van der Waals surface area (Å²) in [6.45, 7) is 0. The zero-order valence-electron chi connectivity index (χ0n) is 26.2. The molecule has 0 atom stereocenters. The smallest absolute Gasteiger partial charge is 0.143 e. The van der Waals surface area contributed by atoms with E-state index in [4.69, 9.17) is 13.3 Å². The van der Waals surface area contributed by atoms with Gasteiger partial charge in [0.25, 0.3) is 0 Å². The van der Waals surface area contributed by atoms with Crippen LogP contribution in [-0.2, 0) is 0 Å². The van der Waals surface area contributed by atoms with Crippen molar-refractivity contribution in [1.82, 2.24) is 0 Å². The third kappa shape index (κ3) is 3.73. The van der Waals surface area contributed by atoms with Crippen molar-refractivity contribution in [2.45, 2.75) is 0 Å². The molecular formula is C46H26O3. The Labute approximate surface area is 280 Å². The lowest BCUT2D eigenvalue weighted by molar-refractivity contribution is 0.632. The maximum atomic E-state index is 6.91. The van der Waals surface area contributed by atoms with Gasteiger partial charge in [0.2, 0.25) is 0 Å². The first-order valence-corrected chi connectivity index (χ1v) is 16.6. The summed E-state index contributed by atoms with van der Waals surface area (Å²) in [5.41, 5.74) is 9.96. The standard InChI is InChI=1S/C46H26O3/c1-2-12-27(13-3-1)46-45(44-40(49-46)25-24-39-43(44)34-19-9-11-21-37(34)48-39)42-32-17-6-4-15-30(32)41(31-16-5-7-18-33(31)42)28-22-23-38-35(26-28)29-14-8-10-20-36(29)47-38/h1-26H. The molecule has 11 aromatic rings.